The van der Waals surface area contributed by atoms with Crippen molar-refractivity contribution >= 4 is 5.91 Å². The van der Waals surface area contributed by atoms with Gasteiger partial charge in [0.25, 0.3) is 0 Å². The van der Waals surface area contributed by atoms with Crippen molar-refractivity contribution in [2.75, 3.05) is 13.1 Å². The number of fused-ring (bicyclic) bond motifs is 2. The van der Waals surface area contributed by atoms with Gasteiger partial charge in [-0.05, 0) is 25.8 Å². The first-order valence-corrected chi connectivity index (χ1v) is 5.83. The molecule has 2 bridgehead atoms. The minimum atomic E-state index is 0.250. The number of hydrogen-bond acceptors (Lipinski definition) is 2. The van der Waals surface area contributed by atoms with Crippen LogP contribution in [0.4, 0.5) is 0 Å². The Morgan fingerprint density at radius 3 is 3.00 bits per heavy atom. The number of nitrogens with one attached hydrogen (secondary N) is 1. The van der Waals surface area contributed by atoms with Crippen LogP contribution in [0, 0.1) is 0 Å². The summed E-state index contributed by atoms with van der Waals surface area (Å²) >= 11 is 0. The Kier molecular flexibility index (Phi) is 3.06. The van der Waals surface area contributed by atoms with Gasteiger partial charge in [-0.25, -0.2) is 0 Å². The first-order valence-electron chi connectivity index (χ1n) is 5.83. The van der Waals surface area contributed by atoms with Gasteiger partial charge in [0.05, 0.1) is 0 Å². The van der Waals surface area contributed by atoms with Crippen LogP contribution in [-0.4, -0.2) is 36.0 Å². The molecule has 2 atom stereocenters. The van der Waals surface area contributed by atoms with E-state index in [0.29, 0.717) is 12.1 Å². The highest BCUT2D eigenvalue weighted by atomic mass is 16.1. The molecule has 1 amide bonds. The lowest BCUT2D eigenvalue weighted by Gasteiger charge is -2.39. The molecule has 2 rings (SSSR count). The summed E-state index contributed by atoms with van der Waals surface area (Å²) in [5.74, 6) is 0.250. The third-order valence-corrected chi connectivity index (χ3v) is 3.45. The van der Waals surface area contributed by atoms with Gasteiger partial charge in [0, 0.05) is 25.0 Å². The number of carbonyl (C=O) groups excluding carboxylic acids is 1. The predicted molar refractivity (Wildman–Crippen MR) is 56.1 cm³/mol. The normalized spacial score (nSPS) is 33.6. The van der Waals surface area contributed by atoms with Crippen LogP contribution in [0.5, 0.6) is 0 Å². The summed E-state index contributed by atoms with van der Waals surface area (Å²) in [4.78, 5) is 14.0. The van der Waals surface area contributed by atoms with Gasteiger partial charge < -0.3 is 5.32 Å². The smallest absolute Gasteiger partial charge is 0.221 e. The van der Waals surface area contributed by atoms with Crippen LogP contribution in [-0.2, 0) is 4.79 Å². The highest BCUT2D eigenvalue weighted by molar-refractivity contribution is 5.77. The average Bonchev–Trinajstić information content (AvgIpc) is 2.27. The van der Waals surface area contributed by atoms with Crippen LogP contribution in [0.15, 0.2) is 0 Å². The van der Waals surface area contributed by atoms with Gasteiger partial charge in [-0.2, -0.15) is 0 Å². The quantitative estimate of drug-likeness (QED) is 0.718. The lowest BCUT2D eigenvalue weighted by molar-refractivity contribution is -0.121. The van der Waals surface area contributed by atoms with Crippen molar-refractivity contribution in [3.63, 3.8) is 0 Å². The highest BCUT2D eigenvalue weighted by Crippen LogP contribution is 2.26. The van der Waals surface area contributed by atoms with Crippen LogP contribution < -0.4 is 5.32 Å². The highest BCUT2D eigenvalue weighted by Gasteiger charge is 2.33. The van der Waals surface area contributed by atoms with Crippen molar-refractivity contribution < 1.29 is 4.79 Å². The monoisotopic (exact) mass is 196 g/mol. The second-order valence-corrected chi connectivity index (χ2v) is 4.48. The van der Waals surface area contributed by atoms with E-state index in [2.05, 4.69) is 17.1 Å². The van der Waals surface area contributed by atoms with E-state index in [9.17, 15) is 4.79 Å². The Morgan fingerprint density at radius 1 is 1.43 bits per heavy atom. The maximum atomic E-state index is 11.4. The lowest BCUT2D eigenvalue weighted by atomic mass is 9.94. The summed E-state index contributed by atoms with van der Waals surface area (Å²) in [6.07, 6.45) is 5.68. The number of nitrogens with zero attached hydrogens (tertiary/aromatic N) is 1. The Bertz CT molecular complexity index is 217. The molecular formula is C11H20N2O. The standard InChI is InChI=1S/C11H20N2O/c1-2-6-13-9-4-3-5-10(13)8-12-11(14)7-9/h9-10H,2-8H2,1H3,(H,12,14)/t9-,10-/m0/s1. The summed E-state index contributed by atoms with van der Waals surface area (Å²) in [7, 11) is 0. The first-order chi connectivity index (χ1) is 6.81. The molecule has 2 saturated heterocycles. The number of amides is 1. The van der Waals surface area contributed by atoms with Crippen LogP contribution in [0.2, 0.25) is 0 Å². The van der Waals surface area contributed by atoms with Gasteiger partial charge in [-0.1, -0.05) is 13.3 Å². The summed E-state index contributed by atoms with van der Waals surface area (Å²) in [5, 5.41) is 3.02. The molecule has 14 heavy (non-hydrogen) atoms. The topological polar surface area (TPSA) is 32.3 Å². The Balaban J connectivity index is 2.09. The van der Waals surface area contributed by atoms with Crippen molar-refractivity contribution in [2.45, 2.75) is 51.1 Å². The molecule has 0 saturated carbocycles. The zero-order valence-corrected chi connectivity index (χ0v) is 8.96. The van der Waals surface area contributed by atoms with Crippen molar-refractivity contribution in [1.29, 1.82) is 0 Å². The molecule has 0 aliphatic carbocycles. The Hall–Kier alpha value is -0.570. The van der Waals surface area contributed by atoms with Crippen molar-refractivity contribution in [3.05, 3.63) is 0 Å². The molecule has 2 aliphatic heterocycles. The first kappa shape index (κ1) is 9.97. The fraction of sp³-hybridized carbons (Fsp3) is 0.909. The molecule has 2 aliphatic rings. The summed E-state index contributed by atoms with van der Waals surface area (Å²) < 4.78 is 0. The summed E-state index contributed by atoms with van der Waals surface area (Å²) in [6.45, 7) is 4.25. The van der Waals surface area contributed by atoms with Gasteiger partial charge in [-0.15, -0.1) is 0 Å². The van der Waals surface area contributed by atoms with E-state index in [4.69, 9.17) is 0 Å². The zero-order chi connectivity index (χ0) is 9.97. The molecule has 1 N–H and O–H groups in total. The maximum Gasteiger partial charge on any atom is 0.221 e. The van der Waals surface area contributed by atoms with Crippen LogP contribution >= 0.6 is 0 Å². The summed E-state index contributed by atoms with van der Waals surface area (Å²) in [5.41, 5.74) is 0. The molecule has 0 aromatic carbocycles. The molecule has 0 spiro atoms. The molecule has 3 heteroatoms. The number of hydrogen-bond donors (Lipinski definition) is 1. The molecule has 0 aromatic heterocycles. The van der Waals surface area contributed by atoms with Crippen molar-refractivity contribution in [2.24, 2.45) is 0 Å². The Morgan fingerprint density at radius 2 is 2.21 bits per heavy atom. The number of piperidine rings is 1. The van der Waals surface area contributed by atoms with Gasteiger partial charge >= 0.3 is 0 Å². The average molecular weight is 196 g/mol. The molecular weight excluding hydrogens is 176 g/mol. The minimum Gasteiger partial charge on any atom is -0.354 e. The van der Waals surface area contributed by atoms with Crippen LogP contribution in [0.25, 0.3) is 0 Å². The second-order valence-electron chi connectivity index (χ2n) is 4.48. The van der Waals surface area contributed by atoms with E-state index in [1.807, 2.05) is 0 Å². The molecule has 3 nitrogen and oxygen atoms in total. The minimum absolute atomic E-state index is 0.250. The SMILES string of the molecule is CCCN1[C@H]2CCC[C@H]1CC(=O)NC2. The molecule has 0 aromatic rings. The fourth-order valence-electron chi connectivity index (χ4n) is 2.80. The number of carbonyl (C=O) groups is 1. The van der Waals surface area contributed by atoms with E-state index in [-0.39, 0.29) is 5.91 Å². The van der Waals surface area contributed by atoms with E-state index >= 15 is 0 Å². The Labute approximate surface area is 85.8 Å². The van der Waals surface area contributed by atoms with Gasteiger partial charge in [0.1, 0.15) is 0 Å². The van der Waals surface area contributed by atoms with Gasteiger partial charge in [0.15, 0.2) is 0 Å². The van der Waals surface area contributed by atoms with Gasteiger partial charge in [0.2, 0.25) is 5.91 Å². The molecule has 80 valence electrons. The third-order valence-electron chi connectivity index (χ3n) is 3.45. The fourth-order valence-corrected chi connectivity index (χ4v) is 2.80. The summed E-state index contributed by atoms with van der Waals surface area (Å²) in [6, 6.07) is 1.14. The predicted octanol–water partition coefficient (Wildman–Crippen LogP) is 1.14. The lowest BCUT2D eigenvalue weighted by Crippen LogP contribution is -2.48. The van der Waals surface area contributed by atoms with Gasteiger partial charge in [-0.3, -0.25) is 9.69 Å². The van der Waals surface area contributed by atoms with Crippen LogP contribution in [0.3, 0.4) is 0 Å². The van der Waals surface area contributed by atoms with Crippen molar-refractivity contribution in [1.82, 2.24) is 10.2 Å². The third kappa shape index (κ3) is 1.92. The number of rotatable bonds is 2. The van der Waals surface area contributed by atoms with Crippen LogP contribution in [0.1, 0.15) is 39.0 Å². The van der Waals surface area contributed by atoms with E-state index in [1.54, 1.807) is 0 Å². The largest absolute Gasteiger partial charge is 0.354 e. The molecule has 2 fully saturated rings. The molecule has 0 radical (unpaired) electrons. The zero-order valence-electron chi connectivity index (χ0n) is 8.96. The molecule has 0 unspecified atom stereocenters. The second kappa shape index (κ2) is 4.30. The van der Waals surface area contributed by atoms with E-state index < -0.39 is 0 Å². The van der Waals surface area contributed by atoms with E-state index in [1.165, 1.54) is 25.7 Å². The van der Waals surface area contributed by atoms with Crippen molar-refractivity contribution in [3.8, 4) is 0 Å². The van der Waals surface area contributed by atoms with E-state index in [0.717, 1.165) is 19.5 Å². The molecule has 2 heterocycles. The maximum absolute atomic E-state index is 11.4.